The van der Waals surface area contributed by atoms with Crippen LogP contribution in [0.25, 0.3) is 0 Å². The third-order valence-corrected chi connectivity index (χ3v) is 6.83. The normalized spacial score (nSPS) is 15.3. The number of hydrogen-bond acceptors (Lipinski definition) is 3. The van der Waals surface area contributed by atoms with Crippen LogP contribution in [0.15, 0.2) is 47.4 Å². The fraction of sp³-hybridized carbons (Fsp3) is 0.316. The minimum atomic E-state index is -3.94. The molecule has 0 spiro atoms. The number of sulfonamides is 1. The molecule has 1 saturated carbocycles. The van der Waals surface area contributed by atoms with Gasteiger partial charge in [-0.3, -0.25) is 9.10 Å². The van der Waals surface area contributed by atoms with Crippen LogP contribution in [0.5, 0.6) is 0 Å². The average Bonchev–Trinajstić information content (AvgIpc) is 3.47. The van der Waals surface area contributed by atoms with Crippen molar-refractivity contribution >= 4 is 33.2 Å². The standard InChI is InChI=1S/C19H20ClFN2O3S/c1-12(13-3-4-13)22-19(24)17-11-16(9-10-18(17)20)27(25,26)23(2)15-7-5-14(21)6-8-15/h5-13H,3-4H2,1-2H3,(H,22,24)/t12-/m1/s1. The van der Waals surface area contributed by atoms with Crippen LogP contribution in [0.2, 0.25) is 5.02 Å². The molecule has 144 valence electrons. The van der Waals surface area contributed by atoms with E-state index in [4.69, 9.17) is 11.6 Å². The lowest BCUT2D eigenvalue weighted by molar-refractivity contribution is 0.0936. The molecule has 2 aromatic rings. The van der Waals surface area contributed by atoms with Crippen molar-refractivity contribution in [1.29, 1.82) is 0 Å². The molecule has 0 unspecified atom stereocenters. The van der Waals surface area contributed by atoms with E-state index in [0.717, 1.165) is 17.1 Å². The summed E-state index contributed by atoms with van der Waals surface area (Å²) in [5, 5.41) is 3.05. The summed E-state index contributed by atoms with van der Waals surface area (Å²) in [6, 6.07) is 9.12. The number of hydrogen-bond donors (Lipinski definition) is 1. The Labute approximate surface area is 163 Å². The molecule has 1 amide bonds. The van der Waals surface area contributed by atoms with Crippen molar-refractivity contribution in [1.82, 2.24) is 5.32 Å². The second-order valence-electron chi connectivity index (χ2n) is 6.69. The number of amides is 1. The predicted octanol–water partition coefficient (Wildman–Crippen LogP) is 3.83. The summed E-state index contributed by atoms with van der Waals surface area (Å²) in [7, 11) is -2.57. The van der Waals surface area contributed by atoms with Crippen LogP contribution < -0.4 is 9.62 Å². The van der Waals surface area contributed by atoms with Crippen LogP contribution in [0.1, 0.15) is 30.1 Å². The molecule has 1 atom stereocenters. The summed E-state index contributed by atoms with van der Waals surface area (Å²) in [4.78, 5) is 12.5. The van der Waals surface area contributed by atoms with Gasteiger partial charge in [-0.05, 0) is 68.1 Å². The highest BCUT2D eigenvalue weighted by atomic mass is 35.5. The van der Waals surface area contributed by atoms with E-state index >= 15 is 0 Å². The van der Waals surface area contributed by atoms with Crippen molar-refractivity contribution in [2.24, 2.45) is 5.92 Å². The number of halogens is 2. The lowest BCUT2D eigenvalue weighted by Crippen LogP contribution is -2.34. The maximum Gasteiger partial charge on any atom is 0.264 e. The van der Waals surface area contributed by atoms with E-state index in [0.29, 0.717) is 11.6 Å². The zero-order valence-corrected chi connectivity index (χ0v) is 16.5. The number of benzene rings is 2. The van der Waals surface area contributed by atoms with Gasteiger partial charge in [0.2, 0.25) is 0 Å². The number of nitrogens with one attached hydrogen (secondary N) is 1. The first-order valence-corrected chi connectivity index (χ1v) is 10.4. The fourth-order valence-corrected chi connectivity index (χ4v) is 4.21. The molecule has 1 fully saturated rings. The van der Waals surface area contributed by atoms with E-state index in [1.807, 2.05) is 6.92 Å². The van der Waals surface area contributed by atoms with Gasteiger partial charge in [0.15, 0.2) is 0 Å². The molecule has 3 rings (SSSR count). The molecular formula is C19H20ClFN2O3S. The Morgan fingerprint density at radius 2 is 1.85 bits per heavy atom. The Balaban J connectivity index is 1.89. The maximum atomic E-state index is 13.1. The van der Waals surface area contributed by atoms with Crippen LogP contribution in [-0.4, -0.2) is 27.4 Å². The van der Waals surface area contributed by atoms with Gasteiger partial charge in [-0.25, -0.2) is 12.8 Å². The molecule has 1 aliphatic rings. The van der Waals surface area contributed by atoms with E-state index in [-0.39, 0.29) is 21.5 Å². The van der Waals surface area contributed by atoms with Crippen molar-refractivity contribution in [2.45, 2.75) is 30.7 Å². The summed E-state index contributed by atoms with van der Waals surface area (Å²) < 4.78 is 39.9. The minimum Gasteiger partial charge on any atom is -0.349 e. The maximum absolute atomic E-state index is 13.1. The zero-order valence-electron chi connectivity index (χ0n) is 14.9. The highest BCUT2D eigenvalue weighted by Crippen LogP contribution is 2.33. The van der Waals surface area contributed by atoms with Gasteiger partial charge in [-0.1, -0.05) is 11.6 Å². The molecule has 0 radical (unpaired) electrons. The molecule has 1 aliphatic carbocycles. The Bertz CT molecular complexity index is 959. The quantitative estimate of drug-likeness (QED) is 0.786. The van der Waals surface area contributed by atoms with E-state index in [1.165, 1.54) is 49.5 Å². The Kier molecular flexibility index (Phi) is 5.44. The fourth-order valence-electron chi connectivity index (χ4n) is 2.79. The first-order valence-electron chi connectivity index (χ1n) is 8.55. The Hall–Kier alpha value is -2.12. The van der Waals surface area contributed by atoms with Crippen molar-refractivity contribution in [3.8, 4) is 0 Å². The summed E-state index contributed by atoms with van der Waals surface area (Å²) in [5.74, 6) is -0.398. The van der Waals surface area contributed by atoms with Crippen LogP contribution in [-0.2, 0) is 10.0 Å². The van der Waals surface area contributed by atoms with Crippen molar-refractivity contribution < 1.29 is 17.6 Å². The summed E-state index contributed by atoms with van der Waals surface area (Å²) >= 11 is 6.12. The second-order valence-corrected chi connectivity index (χ2v) is 9.07. The Morgan fingerprint density at radius 1 is 1.22 bits per heavy atom. The smallest absolute Gasteiger partial charge is 0.264 e. The molecule has 0 aliphatic heterocycles. The molecule has 2 aromatic carbocycles. The van der Waals surface area contributed by atoms with Crippen molar-refractivity contribution in [2.75, 3.05) is 11.4 Å². The largest absolute Gasteiger partial charge is 0.349 e. The monoisotopic (exact) mass is 410 g/mol. The molecule has 5 nitrogen and oxygen atoms in total. The van der Waals surface area contributed by atoms with Crippen LogP contribution in [0, 0.1) is 11.7 Å². The molecule has 27 heavy (non-hydrogen) atoms. The lowest BCUT2D eigenvalue weighted by atomic mass is 10.1. The van der Waals surface area contributed by atoms with Gasteiger partial charge in [0.1, 0.15) is 5.82 Å². The van der Waals surface area contributed by atoms with Crippen LogP contribution in [0.4, 0.5) is 10.1 Å². The lowest BCUT2D eigenvalue weighted by Gasteiger charge is -2.20. The first kappa shape index (κ1) is 19.6. The van der Waals surface area contributed by atoms with E-state index in [1.54, 1.807) is 0 Å². The topological polar surface area (TPSA) is 66.5 Å². The van der Waals surface area contributed by atoms with Gasteiger partial charge in [0.05, 0.1) is 21.2 Å². The third-order valence-electron chi connectivity index (χ3n) is 4.72. The van der Waals surface area contributed by atoms with Crippen molar-refractivity contribution in [3.63, 3.8) is 0 Å². The number of anilines is 1. The molecule has 8 heteroatoms. The summed E-state index contributed by atoms with van der Waals surface area (Å²) in [6.07, 6.45) is 2.15. The van der Waals surface area contributed by atoms with E-state index in [2.05, 4.69) is 5.32 Å². The SMILES string of the molecule is C[C@@H](NC(=O)c1cc(S(=O)(=O)N(C)c2ccc(F)cc2)ccc1Cl)C1CC1. The number of carbonyl (C=O) groups excluding carboxylic acids is 1. The summed E-state index contributed by atoms with van der Waals surface area (Å²) in [6.45, 7) is 1.92. The highest BCUT2D eigenvalue weighted by Gasteiger charge is 2.30. The number of carbonyl (C=O) groups is 1. The zero-order chi connectivity index (χ0) is 19.8. The van der Waals surface area contributed by atoms with Gasteiger partial charge >= 0.3 is 0 Å². The Morgan fingerprint density at radius 3 is 2.44 bits per heavy atom. The van der Waals surface area contributed by atoms with Crippen LogP contribution in [0.3, 0.4) is 0 Å². The molecule has 0 saturated heterocycles. The molecular weight excluding hydrogens is 391 g/mol. The summed E-state index contributed by atoms with van der Waals surface area (Å²) in [5.41, 5.74) is 0.414. The first-order chi connectivity index (χ1) is 12.7. The molecule has 0 heterocycles. The number of nitrogens with zero attached hydrogens (tertiary/aromatic N) is 1. The van der Waals surface area contributed by atoms with Gasteiger partial charge in [0, 0.05) is 13.1 Å². The van der Waals surface area contributed by atoms with Crippen LogP contribution >= 0.6 is 11.6 Å². The third kappa shape index (κ3) is 4.25. The highest BCUT2D eigenvalue weighted by molar-refractivity contribution is 7.92. The van der Waals surface area contributed by atoms with Gasteiger partial charge in [-0.15, -0.1) is 0 Å². The van der Waals surface area contributed by atoms with Gasteiger partial charge in [-0.2, -0.15) is 0 Å². The average molecular weight is 411 g/mol. The van der Waals surface area contributed by atoms with Gasteiger partial charge in [0.25, 0.3) is 15.9 Å². The minimum absolute atomic E-state index is 0.00992. The second kappa shape index (κ2) is 7.48. The van der Waals surface area contributed by atoms with E-state index in [9.17, 15) is 17.6 Å². The van der Waals surface area contributed by atoms with E-state index < -0.39 is 21.7 Å². The van der Waals surface area contributed by atoms with Crippen molar-refractivity contribution in [3.05, 3.63) is 58.9 Å². The predicted molar refractivity (Wildman–Crippen MR) is 103 cm³/mol. The number of rotatable bonds is 6. The molecule has 0 aromatic heterocycles. The van der Waals surface area contributed by atoms with Gasteiger partial charge < -0.3 is 5.32 Å². The molecule has 0 bridgehead atoms. The molecule has 1 N–H and O–H groups in total.